The van der Waals surface area contributed by atoms with E-state index >= 15 is 0 Å². The topological polar surface area (TPSA) is 99.7 Å². The maximum Gasteiger partial charge on any atom is 0.292 e. The number of nitrogens with one attached hydrogen (secondary N) is 2. The molecule has 0 radical (unpaired) electrons. The molecule has 29 heavy (non-hydrogen) atoms. The number of aryl methyl sites for hydroxylation is 1. The summed E-state index contributed by atoms with van der Waals surface area (Å²) in [7, 11) is 0. The summed E-state index contributed by atoms with van der Waals surface area (Å²) in [5, 5.41) is 7.09. The molecule has 0 atom stereocenters. The number of benzene rings is 1. The summed E-state index contributed by atoms with van der Waals surface area (Å²) in [5.41, 5.74) is 8.53. The summed E-state index contributed by atoms with van der Waals surface area (Å²) in [5.74, 6) is -0.325. The highest BCUT2D eigenvalue weighted by molar-refractivity contribution is 7.97. The van der Waals surface area contributed by atoms with Crippen LogP contribution in [0.15, 0.2) is 28.9 Å². The van der Waals surface area contributed by atoms with E-state index in [2.05, 4.69) is 30.9 Å². The van der Waals surface area contributed by atoms with E-state index in [1.54, 1.807) is 0 Å². The second-order valence-electron chi connectivity index (χ2n) is 7.50. The number of nitrogen functional groups attached to an aromatic ring is 1. The summed E-state index contributed by atoms with van der Waals surface area (Å²) in [6, 6.07) is 6.18. The van der Waals surface area contributed by atoms with Crippen LogP contribution in [0.25, 0.3) is 0 Å². The molecule has 2 aromatic rings. The van der Waals surface area contributed by atoms with Gasteiger partial charge in [0, 0.05) is 42.8 Å². The van der Waals surface area contributed by atoms with Crippen LogP contribution in [-0.4, -0.2) is 59.7 Å². The Morgan fingerprint density at radius 3 is 2.72 bits per heavy atom. The molecule has 1 aromatic carbocycles. The molecule has 4 N–H and O–H groups in total. The quantitative estimate of drug-likeness (QED) is 0.639. The zero-order valence-electron chi connectivity index (χ0n) is 16.7. The number of rotatable bonds is 5. The van der Waals surface area contributed by atoms with Crippen molar-refractivity contribution in [3.8, 4) is 0 Å². The Hall–Kier alpha value is -2.23. The number of oxazole rings is 1. The lowest BCUT2D eigenvalue weighted by Gasteiger charge is -2.37. The van der Waals surface area contributed by atoms with Gasteiger partial charge in [0.1, 0.15) is 6.26 Å². The molecule has 2 saturated heterocycles. The average Bonchev–Trinajstić information content (AvgIpc) is 3.18. The third-order valence-corrected chi connectivity index (χ3v) is 6.84. The van der Waals surface area contributed by atoms with Crippen molar-refractivity contribution < 1.29 is 9.21 Å². The van der Waals surface area contributed by atoms with E-state index in [1.807, 2.05) is 31.0 Å². The van der Waals surface area contributed by atoms with Crippen molar-refractivity contribution in [2.75, 3.05) is 55.2 Å². The number of hydrogen-bond donors (Lipinski definition) is 3. The molecule has 9 heteroatoms. The molecule has 2 aliphatic heterocycles. The molecular weight excluding hydrogens is 388 g/mol. The first-order valence-electron chi connectivity index (χ1n) is 10.1. The van der Waals surface area contributed by atoms with Gasteiger partial charge in [0.2, 0.25) is 0 Å². The lowest BCUT2D eigenvalue weighted by molar-refractivity contribution is 0.102. The molecule has 1 amide bonds. The Morgan fingerprint density at radius 1 is 1.28 bits per heavy atom. The van der Waals surface area contributed by atoms with Gasteiger partial charge in [0.05, 0.1) is 0 Å². The number of nitrogens with zero attached hydrogens (tertiary/aromatic N) is 3. The Balaban J connectivity index is 1.35. The molecular formula is C20H28N6O2S. The van der Waals surface area contributed by atoms with E-state index in [4.69, 9.17) is 10.2 Å². The molecule has 2 fully saturated rings. The third-order valence-electron chi connectivity index (χ3n) is 5.41. The van der Waals surface area contributed by atoms with Crippen molar-refractivity contribution in [2.45, 2.75) is 25.0 Å². The van der Waals surface area contributed by atoms with Gasteiger partial charge in [-0.1, -0.05) is 18.0 Å². The summed E-state index contributed by atoms with van der Waals surface area (Å²) in [4.78, 5) is 18.6. The van der Waals surface area contributed by atoms with Gasteiger partial charge in [-0.25, -0.2) is 4.31 Å². The SMILES string of the molecule is Cc1ccc(N2CCN(SC3CCNCC3)CC2)cc1NC(=O)c1coc(N)n1. The number of nitrogens with two attached hydrogens (primary N) is 1. The van der Waals surface area contributed by atoms with Gasteiger partial charge in [-0.3, -0.25) is 4.79 Å². The highest BCUT2D eigenvalue weighted by atomic mass is 32.2. The number of carbonyl (C=O) groups is 1. The fourth-order valence-electron chi connectivity index (χ4n) is 3.68. The van der Waals surface area contributed by atoms with Crippen LogP contribution < -0.4 is 21.3 Å². The zero-order chi connectivity index (χ0) is 20.2. The van der Waals surface area contributed by atoms with Crippen molar-refractivity contribution in [1.82, 2.24) is 14.6 Å². The van der Waals surface area contributed by atoms with Gasteiger partial charge in [0.25, 0.3) is 11.9 Å². The van der Waals surface area contributed by atoms with Gasteiger partial charge in [-0.05, 0) is 50.6 Å². The van der Waals surface area contributed by atoms with Gasteiger partial charge < -0.3 is 25.7 Å². The third kappa shape index (κ3) is 5.04. The zero-order valence-corrected chi connectivity index (χ0v) is 17.5. The van der Waals surface area contributed by atoms with E-state index in [-0.39, 0.29) is 17.6 Å². The van der Waals surface area contributed by atoms with Gasteiger partial charge in [-0.15, -0.1) is 0 Å². The Labute approximate surface area is 175 Å². The second kappa shape index (κ2) is 9.06. The minimum Gasteiger partial charge on any atom is -0.431 e. The molecule has 0 bridgehead atoms. The molecule has 0 aliphatic carbocycles. The van der Waals surface area contributed by atoms with Crippen molar-refractivity contribution in [3.05, 3.63) is 35.7 Å². The minimum absolute atomic E-state index is 0.0131. The maximum absolute atomic E-state index is 12.4. The Kier molecular flexibility index (Phi) is 6.27. The van der Waals surface area contributed by atoms with Crippen molar-refractivity contribution in [3.63, 3.8) is 0 Å². The summed E-state index contributed by atoms with van der Waals surface area (Å²) in [6.45, 7) is 8.30. The Bertz CT molecular complexity index is 843. The largest absolute Gasteiger partial charge is 0.431 e. The minimum atomic E-state index is -0.325. The lowest BCUT2D eigenvalue weighted by Crippen LogP contribution is -2.44. The summed E-state index contributed by atoms with van der Waals surface area (Å²) < 4.78 is 7.44. The highest BCUT2D eigenvalue weighted by Crippen LogP contribution is 2.28. The van der Waals surface area contributed by atoms with E-state index < -0.39 is 0 Å². The van der Waals surface area contributed by atoms with Crippen LogP contribution in [0.3, 0.4) is 0 Å². The summed E-state index contributed by atoms with van der Waals surface area (Å²) in [6.07, 6.45) is 3.77. The van der Waals surface area contributed by atoms with Crippen LogP contribution in [0.2, 0.25) is 0 Å². The lowest BCUT2D eigenvalue weighted by atomic mass is 10.1. The number of amides is 1. The predicted octanol–water partition coefficient (Wildman–Crippen LogP) is 2.34. The average molecular weight is 417 g/mol. The smallest absolute Gasteiger partial charge is 0.292 e. The maximum atomic E-state index is 12.4. The number of aromatic nitrogens is 1. The van der Waals surface area contributed by atoms with Crippen LogP contribution in [0.1, 0.15) is 28.9 Å². The molecule has 0 unspecified atom stereocenters. The molecule has 4 rings (SSSR count). The van der Waals surface area contributed by atoms with Crippen LogP contribution >= 0.6 is 11.9 Å². The first kappa shape index (κ1) is 20.1. The van der Waals surface area contributed by atoms with Crippen molar-refractivity contribution in [1.29, 1.82) is 0 Å². The van der Waals surface area contributed by atoms with Crippen molar-refractivity contribution >= 4 is 35.2 Å². The van der Waals surface area contributed by atoms with Crippen LogP contribution in [0.4, 0.5) is 17.4 Å². The van der Waals surface area contributed by atoms with E-state index in [1.165, 1.54) is 19.1 Å². The molecule has 2 aliphatic rings. The molecule has 0 spiro atoms. The van der Waals surface area contributed by atoms with Crippen molar-refractivity contribution in [2.24, 2.45) is 0 Å². The fourth-order valence-corrected chi connectivity index (χ4v) is 4.93. The van der Waals surface area contributed by atoms with Crippen LogP contribution in [-0.2, 0) is 0 Å². The standard InChI is InChI=1S/C20H28N6O2S/c1-14-2-3-15(12-17(14)23-19(27)18-13-28-20(21)24-18)25-8-10-26(11-9-25)29-16-4-6-22-7-5-16/h2-3,12-13,16,22H,4-11H2,1H3,(H2,21,24)(H,23,27). The van der Waals surface area contributed by atoms with E-state index in [0.717, 1.165) is 61.5 Å². The van der Waals surface area contributed by atoms with E-state index in [9.17, 15) is 4.79 Å². The van der Waals surface area contributed by atoms with Gasteiger partial charge in [0.15, 0.2) is 5.69 Å². The number of hydrogen-bond acceptors (Lipinski definition) is 8. The number of carbonyl (C=O) groups excluding carboxylic acids is 1. The van der Waals surface area contributed by atoms with Crippen LogP contribution in [0, 0.1) is 6.92 Å². The fraction of sp³-hybridized carbons (Fsp3) is 0.500. The van der Waals surface area contributed by atoms with Gasteiger partial charge >= 0.3 is 0 Å². The molecule has 3 heterocycles. The number of piperidine rings is 1. The van der Waals surface area contributed by atoms with Crippen LogP contribution in [0.5, 0.6) is 0 Å². The molecule has 8 nitrogen and oxygen atoms in total. The normalized spacial score (nSPS) is 18.7. The molecule has 156 valence electrons. The van der Waals surface area contributed by atoms with E-state index in [0.29, 0.717) is 0 Å². The predicted molar refractivity (Wildman–Crippen MR) is 117 cm³/mol. The monoisotopic (exact) mass is 416 g/mol. The first-order chi connectivity index (χ1) is 14.1. The number of piperazine rings is 1. The number of anilines is 3. The van der Waals surface area contributed by atoms with Gasteiger partial charge in [-0.2, -0.15) is 4.98 Å². The molecule has 0 saturated carbocycles. The second-order valence-corrected chi connectivity index (χ2v) is 8.89. The summed E-state index contributed by atoms with van der Waals surface area (Å²) >= 11 is 2.04. The first-order valence-corrected chi connectivity index (χ1v) is 10.9. The highest BCUT2D eigenvalue weighted by Gasteiger charge is 2.23. The molecule has 1 aromatic heterocycles. The Morgan fingerprint density at radius 2 is 2.03 bits per heavy atom.